The van der Waals surface area contributed by atoms with E-state index in [9.17, 15) is 0 Å². The van der Waals surface area contributed by atoms with Crippen molar-refractivity contribution in [3.8, 4) is 6.07 Å². The Balaban J connectivity index is 2.17. The Kier molecular flexibility index (Phi) is 4.08. The zero-order valence-corrected chi connectivity index (χ0v) is 8.56. The second kappa shape index (κ2) is 5.35. The molecule has 1 aromatic rings. The van der Waals surface area contributed by atoms with Gasteiger partial charge in [0, 0.05) is 26.6 Å². The minimum absolute atomic E-state index is 0.0643. The number of nitriles is 1. The molecule has 0 saturated heterocycles. The van der Waals surface area contributed by atoms with Crippen LogP contribution in [-0.4, -0.2) is 27.9 Å². The van der Waals surface area contributed by atoms with Crippen LogP contribution in [-0.2, 0) is 13.5 Å². The Hall–Kier alpha value is -1.41. The Morgan fingerprint density at radius 1 is 1.71 bits per heavy atom. The highest BCUT2D eigenvalue weighted by molar-refractivity contribution is 4.86. The van der Waals surface area contributed by atoms with Gasteiger partial charge in [0.1, 0.15) is 12.2 Å². The molecule has 1 heterocycles. The van der Waals surface area contributed by atoms with Gasteiger partial charge in [-0.05, 0) is 6.92 Å². The summed E-state index contributed by atoms with van der Waals surface area (Å²) in [6, 6.07) is 2.17. The van der Waals surface area contributed by atoms with Gasteiger partial charge in [-0.1, -0.05) is 0 Å². The van der Waals surface area contributed by atoms with E-state index in [1.54, 1.807) is 6.33 Å². The van der Waals surface area contributed by atoms with Crippen LogP contribution in [0.25, 0.3) is 0 Å². The third kappa shape index (κ3) is 3.15. The maximum atomic E-state index is 8.55. The molecule has 1 atom stereocenters. The van der Waals surface area contributed by atoms with Crippen LogP contribution >= 0.6 is 0 Å². The van der Waals surface area contributed by atoms with E-state index in [1.165, 1.54) is 0 Å². The van der Waals surface area contributed by atoms with E-state index in [0.29, 0.717) is 0 Å². The van der Waals surface area contributed by atoms with Crippen molar-refractivity contribution in [3.63, 3.8) is 0 Å². The SMILES string of the molecule is CC(C#N)CNCCc1nncn1C. The third-order valence-electron chi connectivity index (χ3n) is 2.00. The maximum absolute atomic E-state index is 8.55. The second-order valence-electron chi connectivity index (χ2n) is 3.34. The van der Waals surface area contributed by atoms with Gasteiger partial charge in [0.05, 0.1) is 12.0 Å². The van der Waals surface area contributed by atoms with E-state index in [0.717, 1.165) is 25.3 Å². The molecular formula is C9H15N5. The van der Waals surface area contributed by atoms with Crippen molar-refractivity contribution in [2.24, 2.45) is 13.0 Å². The van der Waals surface area contributed by atoms with Gasteiger partial charge in [-0.2, -0.15) is 5.26 Å². The van der Waals surface area contributed by atoms with E-state index < -0.39 is 0 Å². The molecule has 0 aliphatic rings. The largest absolute Gasteiger partial charge is 0.321 e. The molecule has 0 saturated carbocycles. The molecule has 0 radical (unpaired) electrons. The number of aryl methyl sites for hydroxylation is 1. The summed E-state index contributed by atoms with van der Waals surface area (Å²) >= 11 is 0. The number of aromatic nitrogens is 3. The molecular weight excluding hydrogens is 178 g/mol. The minimum Gasteiger partial charge on any atom is -0.321 e. The number of hydrogen-bond acceptors (Lipinski definition) is 4. The first-order chi connectivity index (χ1) is 6.74. The van der Waals surface area contributed by atoms with E-state index in [1.807, 2.05) is 18.5 Å². The lowest BCUT2D eigenvalue weighted by Gasteiger charge is -2.04. The lowest BCUT2D eigenvalue weighted by molar-refractivity contribution is 0.590. The van der Waals surface area contributed by atoms with Crippen molar-refractivity contribution in [1.82, 2.24) is 20.1 Å². The van der Waals surface area contributed by atoms with Crippen LogP contribution in [0.2, 0.25) is 0 Å². The van der Waals surface area contributed by atoms with Crippen LogP contribution < -0.4 is 5.32 Å². The van der Waals surface area contributed by atoms with Crippen LogP contribution in [0.3, 0.4) is 0 Å². The summed E-state index contributed by atoms with van der Waals surface area (Å²) in [6.45, 7) is 3.46. The first-order valence-corrected chi connectivity index (χ1v) is 4.67. The molecule has 1 rings (SSSR count). The Morgan fingerprint density at radius 2 is 2.50 bits per heavy atom. The molecule has 0 fully saturated rings. The summed E-state index contributed by atoms with van der Waals surface area (Å²) in [5.74, 6) is 1.02. The van der Waals surface area contributed by atoms with Crippen molar-refractivity contribution in [2.45, 2.75) is 13.3 Å². The summed E-state index contributed by atoms with van der Waals surface area (Å²) in [7, 11) is 1.92. The summed E-state index contributed by atoms with van der Waals surface area (Å²) in [5.41, 5.74) is 0. The predicted molar refractivity (Wildman–Crippen MR) is 52.4 cm³/mol. The van der Waals surface area contributed by atoms with Gasteiger partial charge in [-0.15, -0.1) is 10.2 Å². The monoisotopic (exact) mass is 193 g/mol. The van der Waals surface area contributed by atoms with Gasteiger partial charge in [-0.3, -0.25) is 0 Å². The number of nitrogens with one attached hydrogen (secondary N) is 1. The van der Waals surface area contributed by atoms with Gasteiger partial charge in [0.25, 0.3) is 0 Å². The van der Waals surface area contributed by atoms with Crippen molar-refractivity contribution in [1.29, 1.82) is 5.26 Å². The summed E-state index contributed by atoms with van der Waals surface area (Å²) in [6.07, 6.45) is 2.53. The van der Waals surface area contributed by atoms with Crippen molar-refractivity contribution >= 4 is 0 Å². The highest BCUT2D eigenvalue weighted by Crippen LogP contribution is 1.92. The van der Waals surface area contributed by atoms with E-state index in [4.69, 9.17) is 5.26 Å². The van der Waals surface area contributed by atoms with Crippen LogP contribution in [0.1, 0.15) is 12.7 Å². The zero-order valence-electron chi connectivity index (χ0n) is 8.56. The average molecular weight is 193 g/mol. The van der Waals surface area contributed by atoms with Crippen molar-refractivity contribution in [2.75, 3.05) is 13.1 Å². The Labute approximate surface area is 83.8 Å². The molecule has 14 heavy (non-hydrogen) atoms. The maximum Gasteiger partial charge on any atom is 0.133 e. The third-order valence-corrected chi connectivity index (χ3v) is 2.00. The van der Waals surface area contributed by atoms with Gasteiger partial charge in [0.15, 0.2) is 0 Å². The van der Waals surface area contributed by atoms with Crippen LogP contribution in [0.4, 0.5) is 0 Å². The molecule has 0 bridgehead atoms. The molecule has 0 aliphatic heterocycles. The molecule has 1 aromatic heterocycles. The second-order valence-corrected chi connectivity index (χ2v) is 3.34. The fraction of sp³-hybridized carbons (Fsp3) is 0.667. The summed E-state index contributed by atoms with van der Waals surface area (Å²) in [4.78, 5) is 0. The highest BCUT2D eigenvalue weighted by Gasteiger charge is 2.01. The quantitative estimate of drug-likeness (QED) is 0.674. The average Bonchev–Trinajstić information content (AvgIpc) is 2.58. The number of nitrogens with zero attached hydrogens (tertiary/aromatic N) is 4. The summed E-state index contributed by atoms with van der Waals surface area (Å²) < 4.78 is 1.90. The fourth-order valence-electron chi connectivity index (χ4n) is 1.10. The van der Waals surface area contributed by atoms with Crippen LogP contribution in [0.5, 0.6) is 0 Å². The van der Waals surface area contributed by atoms with Crippen LogP contribution in [0, 0.1) is 17.2 Å². The molecule has 0 aliphatic carbocycles. The predicted octanol–water partition coefficient (Wildman–Crippen LogP) is 0.107. The van der Waals surface area contributed by atoms with Crippen molar-refractivity contribution < 1.29 is 0 Å². The molecule has 0 spiro atoms. The standard InChI is InChI=1S/C9H15N5/c1-8(5-10)6-11-4-3-9-13-12-7-14(9)2/h7-8,11H,3-4,6H2,1-2H3. The molecule has 0 aromatic carbocycles. The fourth-order valence-corrected chi connectivity index (χ4v) is 1.10. The Morgan fingerprint density at radius 3 is 3.07 bits per heavy atom. The van der Waals surface area contributed by atoms with Gasteiger partial charge in [-0.25, -0.2) is 0 Å². The number of hydrogen-bond donors (Lipinski definition) is 1. The molecule has 5 heteroatoms. The lowest BCUT2D eigenvalue weighted by Crippen LogP contribution is -2.23. The van der Waals surface area contributed by atoms with Crippen LogP contribution in [0.15, 0.2) is 6.33 Å². The van der Waals surface area contributed by atoms with Gasteiger partial charge >= 0.3 is 0 Å². The van der Waals surface area contributed by atoms with E-state index >= 15 is 0 Å². The number of rotatable bonds is 5. The smallest absolute Gasteiger partial charge is 0.133 e. The van der Waals surface area contributed by atoms with Gasteiger partial charge in [0.2, 0.25) is 0 Å². The van der Waals surface area contributed by atoms with E-state index in [-0.39, 0.29) is 5.92 Å². The molecule has 1 N–H and O–H groups in total. The van der Waals surface area contributed by atoms with Crippen molar-refractivity contribution in [3.05, 3.63) is 12.2 Å². The highest BCUT2D eigenvalue weighted by atomic mass is 15.2. The summed E-state index contributed by atoms with van der Waals surface area (Å²) in [5, 5.41) is 19.5. The normalized spacial score (nSPS) is 12.4. The molecule has 76 valence electrons. The Bertz CT molecular complexity index is 311. The first kappa shape index (κ1) is 10.7. The minimum atomic E-state index is 0.0643. The molecule has 5 nitrogen and oxygen atoms in total. The first-order valence-electron chi connectivity index (χ1n) is 4.67. The topological polar surface area (TPSA) is 66.5 Å². The lowest BCUT2D eigenvalue weighted by atomic mass is 10.2. The zero-order chi connectivity index (χ0) is 10.4. The molecule has 0 amide bonds. The molecule has 1 unspecified atom stereocenters. The van der Waals surface area contributed by atoms with E-state index in [2.05, 4.69) is 21.6 Å². The van der Waals surface area contributed by atoms with Gasteiger partial charge < -0.3 is 9.88 Å².